The van der Waals surface area contributed by atoms with E-state index in [0.717, 1.165) is 6.07 Å². The number of halogens is 2. The van der Waals surface area contributed by atoms with Gasteiger partial charge in [0, 0.05) is 50.2 Å². The van der Waals surface area contributed by atoms with Crippen LogP contribution in [0.5, 0.6) is 11.5 Å². The van der Waals surface area contributed by atoms with Gasteiger partial charge in [-0.05, 0) is 12.1 Å². The van der Waals surface area contributed by atoms with E-state index in [2.05, 4.69) is 21.9 Å². The van der Waals surface area contributed by atoms with Crippen molar-refractivity contribution in [3.05, 3.63) is 42.6 Å². The minimum absolute atomic E-state index is 0.00545. The van der Waals surface area contributed by atoms with Crippen LogP contribution in [0, 0.1) is 17.6 Å². The highest BCUT2D eigenvalue weighted by Gasteiger charge is 2.33. The van der Waals surface area contributed by atoms with Crippen LogP contribution in [-0.4, -0.2) is 80.5 Å². The summed E-state index contributed by atoms with van der Waals surface area (Å²) >= 11 is 0. The number of nitrogens with zero attached hydrogens (tertiary/aromatic N) is 4. The molecule has 0 amide bonds. The standard InChI is InChI=1S/C27H29F2N5O5/c1-5-16(35)6-15-12-39-13-19(15)32-27-30-9-14-7-18(22-23(28)20(37-3)8-21(38-4)24(22)29)31-26(25(14)33-27)34-10-17(11-34)36-2/h5,7-9,15,17,19H,1,6,10-13H2,2-4H3,(H,30,32,33)/t15-,19+/m0/s1. The van der Waals surface area contributed by atoms with Gasteiger partial charge >= 0.3 is 0 Å². The van der Waals surface area contributed by atoms with Gasteiger partial charge in [-0.25, -0.2) is 23.7 Å². The van der Waals surface area contributed by atoms with Crippen molar-refractivity contribution >= 4 is 28.5 Å². The smallest absolute Gasteiger partial charge is 0.223 e. The third kappa shape index (κ3) is 5.09. The van der Waals surface area contributed by atoms with Crippen LogP contribution in [0.4, 0.5) is 20.5 Å². The molecule has 10 nitrogen and oxygen atoms in total. The Labute approximate surface area is 223 Å². The summed E-state index contributed by atoms with van der Waals surface area (Å²) in [4.78, 5) is 27.6. The number of allylic oxidation sites excluding steroid dienone is 1. The second-order valence-corrected chi connectivity index (χ2v) is 9.43. The van der Waals surface area contributed by atoms with E-state index in [1.165, 1.54) is 26.4 Å². The average molecular weight is 542 g/mol. The average Bonchev–Trinajstić information content (AvgIpc) is 3.34. The SMILES string of the molecule is C=CC(=O)C[C@H]1COC[C@H]1Nc1ncc2cc(-c3c(F)c(OC)cc(OC)c3F)nc(N3CC(OC)C3)c2n1. The summed E-state index contributed by atoms with van der Waals surface area (Å²) in [6, 6.07) is 2.51. The Bertz CT molecular complexity index is 1390. The van der Waals surface area contributed by atoms with Crippen molar-refractivity contribution < 1.29 is 32.5 Å². The first-order valence-corrected chi connectivity index (χ1v) is 12.4. The van der Waals surface area contributed by atoms with Gasteiger partial charge in [0.1, 0.15) is 5.52 Å². The minimum Gasteiger partial charge on any atom is -0.494 e. The number of ether oxygens (including phenoxy) is 4. The number of hydrogen-bond acceptors (Lipinski definition) is 10. The van der Waals surface area contributed by atoms with Crippen LogP contribution in [0.3, 0.4) is 0 Å². The Balaban J connectivity index is 1.57. The molecule has 1 N–H and O–H groups in total. The molecule has 2 fully saturated rings. The highest BCUT2D eigenvalue weighted by molar-refractivity contribution is 5.93. The molecule has 0 saturated carbocycles. The fourth-order valence-corrected chi connectivity index (χ4v) is 4.78. The van der Waals surface area contributed by atoms with Crippen LogP contribution >= 0.6 is 0 Å². The summed E-state index contributed by atoms with van der Waals surface area (Å²) in [7, 11) is 4.21. The van der Waals surface area contributed by atoms with E-state index in [0.29, 0.717) is 55.4 Å². The summed E-state index contributed by atoms with van der Waals surface area (Å²) in [5.74, 6) is -1.49. The van der Waals surface area contributed by atoms with Gasteiger partial charge in [-0.1, -0.05) is 6.58 Å². The molecular weight excluding hydrogens is 512 g/mol. The number of fused-ring (bicyclic) bond motifs is 1. The quantitative estimate of drug-likeness (QED) is 0.384. The molecule has 0 aliphatic carbocycles. The van der Waals surface area contributed by atoms with Gasteiger partial charge in [0.25, 0.3) is 0 Å². The number of rotatable bonds is 10. The molecule has 39 heavy (non-hydrogen) atoms. The minimum atomic E-state index is -0.896. The van der Waals surface area contributed by atoms with Crippen LogP contribution in [0.2, 0.25) is 0 Å². The molecular formula is C27H29F2N5O5. The maximum absolute atomic E-state index is 15.3. The Morgan fingerprint density at radius 1 is 1.15 bits per heavy atom. The highest BCUT2D eigenvalue weighted by Crippen LogP contribution is 2.39. The highest BCUT2D eigenvalue weighted by atomic mass is 19.1. The van der Waals surface area contributed by atoms with Crippen LogP contribution < -0.4 is 19.7 Å². The van der Waals surface area contributed by atoms with Crippen molar-refractivity contribution in [2.45, 2.75) is 18.6 Å². The fraction of sp³-hybridized carbons (Fsp3) is 0.407. The first kappa shape index (κ1) is 26.7. The first-order valence-electron chi connectivity index (χ1n) is 12.4. The number of hydrogen-bond donors (Lipinski definition) is 1. The summed E-state index contributed by atoms with van der Waals surface area (Å²) in [5, 5.41) is 3.80. The van der Waals surface area contributed by atoms with Gasteiger partial charge in [-0.15, -0.1) is 0 Å². The largest absolute Gasteiger partial charge is 0.494 e. The van der Waals surface area contributed by atoms with Crippen molar-refractivity contribution in [2.75, 3.05) is 57.8 Å². The van der Waals surface area contributed by atoms with Gasteiger partial charge in [-0.2, -0.15) is 0 Å². The molecule has 5 rings (SSSR count). The fourth-order valence-electron chi connectivity index (χ4n) is 4.78. The summed E-state index contributed by atoms with van der Waals surface area (Å²) in [5.41, 5.74) is 0.166. The molecule has 12 heteroatoms. The first-order chi connectivity index (χ1) is 18.9. The Morgan fingerprint density at radius 3 is 2.51 bits per heavy atom. The Hall–Kier alpha value is -3.90. The number of benzene rings is 1. The van der Waals surface area contributed by atoms with Crippen LogP contribution in [0.15, 0.2) is 31.0 Å². The molecule has 0 unspecified atom stereocenters. The van der Waals surface area contributed by atoms with E-state index in [9.17, 15) is 4.79 Å². The molecule has 0 radical (unpaired) electrons. The number of anilines is 2. The van der Waals surface area contributed by atoms with E-state index in [1.54, 1.807) is 13.3 Å². The molecule has 2 atom stereocenters. The number of carbonyl (C=O) groups is 1. The maximum Gasteiger partial charge on any atom is 0.223 e. The van der Waals surface area contributed by atoms with E-state index < -0.39 is 11.6 Å². The molecule has 2 saturated heterocycles. The number of aromatic nitrogens is 3. The Kier molecular flexibility index (Phi) is 7.58. The lowest BCUT2D eigenvalue weighted by molar-refractivity contribution is -0.115. The van der Waals surface area contributed by atoms with Gasteiger partial charge < -0.3 is 29.2 Å². The zero-order valence-electron chi connectivity index (χ0n) is 21.9. The molecule has 2 aliphatic rings. The second kappa shape index (κ2) is 11.1. The number of nitrogens with one attached hydrogen (secondary N) is 1. The predicted molar refractivity (Wildman–Crippen MR) is 140 cm³/mol. The van der Waals surface area contributed by atoms with Crippen molar-refractivity contribution in [2.24, 2.45) is 5.92 Å². The predicted octanol–water partition coefficient (Wildman–Crippen LogP) is 3.39. The van der Waals surface area contributed by atoms with Gasteiger partial charge in [0.15, 0.2) is 34.7 Å². The Morgan fingerprint density at radius 2 is 1.87 bits per heavy atom. The number of pyridine rings is 1. The van der Waals surface area contributed by atoms with Crippen molar-refractivity contribution in [1.82, 2.24) is 15.0 Å². The lowest BCUT2D eigenvalue weighted by Crippen LogP contribution is -2.52. The zero-order chi connectivity index (χ0) is 27.7. The molecule has 3 aromatic rings. The van der Waals surface area contributed by atoms with Gasteiger partial charge in [-0.3, -0.25) is 4.79 Å². The molecule has 206 valence electrons. The molecule has 4 heterocycles. The number of methoxy groups -OCH3 is 3. The van der Waals surface area contributed by atoms with E-state index in [-0.39, 0.29) is 46.6 Å². The second-order valence-electron chi connectivity index (χ2n) is 9.43. The summed E-state index contributed by atoms with van der Waals surface area (Å²) in [6.45, 7) is 5.44. The van der Waals surface area contributed by atoms with Crippen molar-refractivity contribution in [1.29, 1.82) is 0 Å². The number of carbonyl (C=O) groups excluding carboxylic acids is 1. The van der Waals surface area contributed by atoms with Gasteiger partial charge in [0.2, 0.25) is 5.95 Å². The molecule has 2 aliphatic heterocycles. The van der Waals surface area contributed by atoms with Crippen LogP contribution in [-0.2, 0) is 14.3 Å². The normalized spacial score (nSPS) is 19.2. The van der Waals surface area contributed by atoms with E-state index in [4.69, 9.17) is 23.9 Å². The van der Waals surface area contributed by atoms with E-state index in [1.807, 2.05) is 4.90 Å². The molecule has 0 bridgehead atoms. The molecule has 2 aromatic heterocycles. The summed E-state index contributed by atoms with van der Waals surface area (Å²) < 4.78 is 51.9. The van der Waals surface area contributed by atoms with Gasteiger partial charge in [0.05, 0.1) is 50.8 Å². The maximum atomic E-state index is 15.3. The van der Waals surface area contributed by atoms with Crippen molar-refractivity contribution in [3.63, 3.8) is 0 Å². The van der Waals surface area contributed by atoms with E-state index >= 15 is 8.78 Å². The monoisotopic (exact) mass is 541 g/mol. The molecule has 1 aromatic carbocycles. The summed E-state index contributed by atoms with van der Waals surface area (Å²) in [6.07, 6.45) is 3.17. The van der Waals surface area contributed by atoms with Crippen LogP contribution in [0.25, 0.3) is 22.2 Å². The third-order valence-corrected chi connectivity index (χ3v) is 7.06. The number of ketones is 1. The topological polar surface area (TPSA) is 108 Å². The van der Waals surface area contributed by atoms with Crippen LogP contribution in [0.1, 0.15) is 6.42 Å². The molecule has 0 spiro atoms. The lowest BCUT2D eigenvalue weighted by Gasteiger charge is -2.39. The zero-order valence-corrected chi connectivity index (χ0v) is 21.9. The lowest BCUT2D eigenvalue weighted by atomic mass is 9.97. The third-order valence-electron chi connectivity index (χ3n) is 7.06. The van der Waals surface area contributed by atoms with Crippen molar-refractivity contribution in [3.8, 4) is 22.8 Å².